The van der Waals surface area contributed by atoms with Gasteiger partial charge < -0.3 is 10.1 Å². The van der Waals surface area contributed by atoms with Gasteiger partial charge in [0, 0.05) is 19.3 Å². The van der Waals surface area contributed by atoms with Crippen molar-refractivity contribution in [1.29, 1.82) is 0 Å². The molecular formula is C18H17N3O6. The maximum atomic E-state index is 12.8. The van der Waals surface area contributed by atoms with E-state index in [0.29, 0.717) is 0 Å². The van der Waals surface area contributed by atoms with Crippen LogP contribution in [0.2, 0.25) is 0 Å². The number of amides is 5. The van der Waals surface area contributed by atoms with Crippen LogP contribution < -0.4 is 10.6 Å². The first-order valence-electron chi connectivity index (χ1n) is 8.43. The van der Waals surface area contributed by atoms with Gasteiger partial charge in [-0.3, -0.25) is 34.2 Å². The summed E-state index contributed by atoms with van der Waals surface area (Å²) in [6.07, 6.45) is 0.100. The number of rotatable bonds is 5. The first-order valence-corrected chi connectivity index (χ1v) is 8.43. The highest BCUT2D eigenvalue weighted by Crippen LogP contribution is 2.32. The summed E-state index contributed by atoms with van der Waals surface area (Å²) in [6, 6.07) is 3.35. The minimum absolute atomic E-state index is 0.00313. The van der Waals surface area contributed by atoms with E-state index in [9.17, 15) is 28.8 Å². The monoisotopic (exact) mass is 371 g/mol. The van der Waals surface area contributed by atoms with Crippen LogP contribution in [0.25, 0.3) is 0 Å². The average molecular weight is 371 g/mol. The molecule has 140 valence electrons. The molecule has 0 aliphatic carbocycles. The molecular weight excluding hydrogens is 354 g/mol. The number of hydrogen-bond acceptors (Lipinski definition) is 6. The predicted octanol–water partition coefficient (Wildman–Crippen LogP) is 0.395. The Hall–Kier alpha value is -3.36. The smallest absolute Gasteiger partial charge is 0.264 e. The Kier molecular flexibility index (Phi) is 4.85. The van der Waals surface area contributed by atoms with Gasteiger partial charge in [-0.2, -0.15) is 0 Å². The molecule has 2 aliphatic rings. The molecule has 2 N–H and O–H groups in total. The molecule has 0 saturated carbocycles. The van der Waals surface area contributed by atoms with Gasteiger partial charge in [-0.1, -0.05) is 6.07 Å². The zero-order chi connectivity index (χ0) is 19.7. The molecule has 5 amide bonds. The highest BCUT2D eigenvalue weighted by molar-refractivity contribution is 6.26. The van der Waals surface area contributed by atoms with Crippen LogP contribution in [0.1, 0.15) is 53.3 Å². The van der Waals surface area contributed by atoms with E-state index in [4.69, 9.17) is 0 Å². The fraction of sp³-hybridized carbons (Fsp3) is 0.333. The van der Waals surface area contributed by atoms with E-state index >= 15 is 0 Å². The Bertz CT molecular complexity index is 891. The van der Waals surface area contributed by atoms with Crippen LogP contribution in [0.3, 0.4) is 0 Å². The summed E-state index contributed by atoms with van der Waals surface area (Å²) in [6.45, 7) is 1.37. The summed E-state index contributed by atoms with van der Waals surface area (Å²) in [4.78, 5) is 72.7. The summed E-state index contributed by atoms with van der Waals surface area (Å²) in [7, 11) is 0. The topological polar surface area (TPSA) is 130 Å². The summed E-state index contributed by atoms with van der Waals surface area (Å²) in [5.74, 6) is -3.10. The van der Waals surface area contributed by atoms with E-state index in [-0.39, 0.29) is 48.3 Å². The first-order chi connectivity index (χ1) is 12.8. The van der Waals surface area contributed by atoms with Gasteiger partial charge in [0.2, 0.25) is 17.7 Å². The quantitative estimate of drug-likeness (QED) is 0.721. The lowest BCUT2D eigenvalue weighted by Gasteiger charge is -2.27. The van der Waals surface area contributed by atoms with E-state index in [1.807, 2.05) is 0 Å². The van der Waals surface area contributed by atoms with E-state index in [1.54, 1.807) is 0 Å². The molecule has 9 nitrogen and oxygen atoms in total. The Morgan fingerprint density at radius 2 is 1.89 bits per heavy atom. The van der Waals surface area contributed by atoms with Gasteiger partial charge in [-0.05, 0) is 25.5 Å². The van der Waals surface area contributed by atoms with E-state index in [2.05, 4.69) is 10.6 Å². The lowest BCUT2D eigenvalue weighted by Crippen LogP contribution is -2.54. The third-order valence-electron chi connectivity index (χ3n) is 4.45. The summed E-state index contributed by atoms with van der Waals surface area (Å²) >= 11 is 0. The summed E-state index contributed by atoms with van der Waals surface area (Å²) in [5.41, 5.74) is 0.228. The average Bonchev–Trinajstić information content (AvgIpc) is 2.86. The molecule has 9 heteroatoms. The SMILES string of the molecule is CC(=O)CCC(=O)Nc1cccc2c1C(=O)N(C1CCC(=O)NC1=O)C2=O. The second kappa shape index (κ2) is 7.10. The number of carbonyl (C=O) groups is 6. The molecule has 2 heterocycles. The number of hydrogen-bond donors (Lipinski definition) is 2. The lowest BCUT2D eigenvalue weighted by atomic mass is 10.0. The fourth-order valence-electron chi connectivity index (χ4n) is 3.12. The normalized spacial score (nSPS) is 19.0. The number of nitrogens with zero attached hydrogens (tertiary/aromatic N) is 1. The maximum absolute atomic E-state index is 12.8. The molecule has 1 fully saturated rings. The van der Waals surface area contributed by atoms with Crippen molar-refractivity contribution in [1.82, 2.24) is 10.2 Å². The lowest BCUT2D eigenvalue weighted by molar-refractivity contribution is -0.136. The molecule has 3 rings (SSSR count). The number of piperidine rings is 1. The largest absolute Gasteiger partial charge is 0.325 e. The Morgan fingerprint density at radius 3 is 2.56 bits per heavy atom. The van der Waals surface area contributed by atoms with Gasteiger partial charge in [-0.25, -0.2) is 0 Å². The van der Waals surface area contributed by atoms with Gasteiger partial charge in [0.25, 0.3) is 11.8 Å². The zero-order valence-electron chi connectivity index (χ0n) is 14.5. The van der Waals surface area contributed by atoms with Crippen LogP contribution in [0.15, 0.2) is 18.2 Å². The third-order valence-corrected chi connectivity index (χ3v) is 4.45. The summed E-state index contributed by atoms with van der Waals surface area (Å²) in [5, 5.41) is 4.67. The van der Waals surface area contributed by atoms with Crippen molar-refractivity contribution in [2.45, 2.75) is 38.6 Å². The van der Waals surface area contributed by atoms with Crippen molar-refractivity contribution in [3.63, 3.8) is 0 Å². The standard InChI is InChI=1S/C18H17N3O6/c1-9(22)5-7-13(23)19-11-4-2-3-10-15(11)18(27)21(17(10)26)12-6-8-14(24)20-16(12)25/h2-4,12H,5-8H2,1H3,(H,19,23)(H,20,24,25). The molecule has 0 aromatic heterocycles. The van der Waals surface area contributed by atoms with E-state index in [0.717, 1.165) is 4.90 Å². The Labute approximate surface area is 154 Å². The molecule has 1 atom stereocenters. The van der Waals surface area contributed by atoms with Crippen LogP contribution in [0.4, 0.5) is 5.69 Å². The van der Waals surface area contributed by atoms with Gasteiger partial charge >= 0.3 is 0 Å². The molecule has 1 unspecified atom stereocenters. The molecule has 1 saturated heterocycles. The minimum atomic E-state index is -1.07. The van der Waals surface area contributed by atoms with Crippen LogP contribution in [-0.2, 0) is 19.2 Å². The van der Waals surface area contributed by atoms with Crippen molar-refractivity contribution < 1.29 is 28.8 Å². The number of ketones is 1. The Balaban J connectivity index is 1.86. The van der Waals surface area contributed by atoms with Crippen molar-refractivity contribution in [3.8, 4) is 0 Å². The van der Waals surface area contributed by atoms with E-state index < -0.39 is 35.6 Å². The number of Topliss-reactive ketones (excluding diaryl/α,β-unsaturated/α-hetero) is 1. The van der Waals surface area contributed by atoms with E-state index in [1.165, 1.54) is 25.1 Å². The minimum Gasteiger partial charge on any atom is -0.325 e. The van der Waals surface area contributed by atoms with Crippen molar-refractivity contribution in [2.75, 3.05) is 5.32 Å². The number of carbonyl (C=O) groups excluding carboxylic acids is 6. The second-order valence-electron chi connectivity index (χ2n) is 6.43. The second-order valence-corrected chi connectivity index (χ2v) is 6.43. The molecule has 1 aromatic rings. The number of fused-ring (bicyclic) bond motifs is 1. The third kappa shape index (κ3) is 3.48. The van der Waals surface area contributed by atoms with Gasteiger partial charge in [-0.15, -0.1) is 0 Å². The van der Waals surface area contributed by atoms with Gasteiger partial charge in [0.05, 0.1) is 16.8 Å². The molecule has 1 aromatic carbocycles. The number of benzene rings is 1. The van der Waals surface area contributed by atoms with Crippen molar-refractivity contribution in [3.05, 3.63) is 29.3 Å². The van der Waals surface area contributed by atoms with Gasteiger partial charge in [0.1, 0.15) is 11.8 Å². The molecule has 0 radical (unpaired) electrons. The van der Waals surface area contributed by atoms with Crippen LogP contribution in [0, 0.1) is 0 Å². The Morgan fingerprint density at radius 1 is 1.15 bits per heavy atom. The fourth-order valence-corrected chi connectivity index (χ4v) is 3.12. The van der Waals surface area contributed by atoms with Gasteiger partial charge in [0.15, 0.2) is 0 Å². The van der Waals surface area contributed by atoms with Crippen LogP contribution in [-0.4, -0.2) is 46.3 Å². The highest BCUT2D eigenvalue weighted by atomic mass is 16.2. The molecule has 2 aliphatic heterocycles. The summed E-state index contributed by atoms with van der Waals surface area (Å²) < 4.78 is 0. The zero-order valence-corrected chi connectivity index (χ0v) is 14.5. The molecule has 0 spiro atoms. The number of anilines is 1. The van der Waals surface area contributed by atoms with Crippen LogP contribution >= 0.6 is 0 Å². The molecule has 27 heavy (non-hydrogen) atoms. The molecule has 0 bridgehead atoms. The highest BCUT2D eigenvalue weighted by Gasteiger charge is 2.45. The van der Waals surface area contributed by atoms with Crippen molar-refractivity contribution >= 4 is 41.0 Å². The van der Waals surface area contributed by atoms with Crippen LogP contribution in [0.5, 0.6) is 0 Å². The first kappa shape index (κ1) is 18.4. The maximum Gasteiger partial charge on any atom is 0.264 e. The number of nitrogens with one attached hydrogen (secondary N) is 2. The number of imide groups is 2. The van der Waals surface area contributed by atoms with Crippen molar-refractivity contribution in [2.24, 2.45) is 0 Å². The predicted molar refractivity (Wildman–Crippen MR) is 91.7 cm³/mol.